The summed E-state index contributed by atoms with van der Waals surface area (Å²) in [6, 6.07) is 0. The Morgan fingerprint density at radius 3 is 3.08 bits per heavy atom. The Balaban J connectivity index is 2.32. The largest absolute Gasteiger partial charge is 0.462 e. The van der Waals surface area contributed by atoms with Gasteiger partial charge in [-0.2, -0.15) is 0 Å². The molecule has 1 N–H and O–H groups in total. The van der Waals surface area contributed by atoms with Crippen LogP contribution >= 0.6 is 0 Å². The van der Waals surface area contributed by atoms with Gasteiger partial charge in [0.15, 0.2) is 6.29 Å². The third-order valence-corrected chi connectivity index (χ3v) is 2.38. The highest BCUT2D eigenvalue weighted by molar-refractivity contribution is 5.91. The lowest BCUT2D eigenvalue weighted by Crippen LogP contribution is -2.35. The minimum Gasteiger partial charge on any atom is -0.462 e. The van der Waals surface area contributed by atoms with Crippen molar-refractivity contribution in [3.63, 3.8) is 0 Å². The predicted octanol–water partition coefficient (Wildman–Crippen LogP) is 0.357. The molecule has 0 saturated heterocycles. The smallest absolute Gasteiger partial charge is 0.339 e. The van der Waals surface area contributed by atoms with Crippen LogP contribution in [0.2, 0.25) is 0 Å². The minimum absolute atomic E-state index is 0.0142. The summed E-state index contributed by atoms with van der Waals surface area (Å²) in [6.45, 7) is 2.31. The summed E-state index contributed by atoms with van der Waals surface area (Å²) in [5.41, 5.74) is 1.31. The van der Waals surface area contributed by atoms with Gasteiger partial charge in [0.25, 0.3) is 0 Å². The molecule has 0 amide bonds. The van der Waals surface area contributed by atoms with Crippen LogP contribution in [0, 0.1) is 0 Å². The van der Waals surface area contributed by atoms with Crippen molar-refractivity contribution in [1.29, 1.82) is 0 Å². The van der Waals surface area contributed by atoms with Gasteiger partial charge < -0.3 is 14.6 Å². The second kappa shape index (κ2) is 3.12. The van der Waals surface area contributed by atoms with Gasteiger partial charge in [0.1, 0.15) is 0 Å². The number of carbonyl (C=O) groups is 1. The molecule has 13 heavy (non-hydrogen) atoms. The summed E-state index contributed by atoms with van der Waals surface area (Å²) < 4.78 is 9.94. The van der Waals surface area contributed by atoms with E-state index in [1.54, 1.807) is 0 Å². The Hall–Kier alpha value is -0.870. The van der Waals surface area contributed by atoms with Gasteiger partial charge in [-0.1, -0.05) is 0 Å². The number of esters is 1. The topological polar surface area (TPSA) is 55.8 Å². The van der Waals surface area contributed by atoms with Crippen molar-refractivity contribution in [2.45, 2.75) is 32.2 Å². The molecule has 0 saturated carbocycles. The van der Waals surface area contributed by atoms with Crippen LogP contribution < -0.4 is 0 Å². The van der Waals surface area contributed by atoms with Crippen molar-refractivity contribution in [2.75, 3.05) is 6.61 Å². The van der Waals surface area contributed by atoms with Crippen LogP contribution in [0.1, 0.15) is 19.8 Å². The molecule has 0 radical (unpaired) electrons. The molecule has 0 bridgehead atoms. The molecule has 72 valence electrons. The fraction of sp³-hybridized carbons (Fsp3) is 0.667. The first kappa shape index (κ1) is 8.72. The zero-order valence-electron chi connectivity index (χ0n) is 7.45. The lowest BCUT2D eigenvalue weighted by molar-refractivity contribution is -0.155. The van der Waals surface area contributed by atoms with Crippen LogP contribution in [-0.4, -0.2) is 30.1 Å². The van der Waals surface area contributed by atoms with Crippen molar-refractivity contribution in [1.82, 2.24) is 0 Å². The Morgan fingerprint density at radius 2 is 2.31 bits per heavy atom. The molecule has 4 heteroatoms. The highest BCUT2D eigenvalue weighted by atomic mass is 16.6. The van der Waals surface area contributed by atoms with Crippen LogP contribution in [0.5, 0.6) is 0 Å². The highest BCUT2D eigenvalue weighted by Gasteiger charge is 2.34. The molecule has 0 aliphatic carbocycles. The monoisotopic (exact) mass is 184 g/mol. The average molecular weight is 184 g/mol. The third kappa shape index (κ3) is 1.47. The van der Waals surface area contributed by atoms with E-state index in [1.807, 2.05) is 6.92 Å². The number of ether oxygens (including phenoxy) is 2. The summed E-state index contributed by atoms with van der Waals surface area (Å²) in [6.07, 6.45) is 0.346. The van der Waals surface area contributed by atoms with Gasteiger partial charge in [-0.3, -0.25) is 0 Å². The molecule has 2 atom stereocenters. The Bertz CT molecular complexity index is 269. The van der Waals surface area contributed by atoms with Crippen LogP contribution in [0.4, 0.5) is 0 Å². The number of aliphatic hydroxyl groups is 1. The lowest BCUT2D eigenvalue weighted by Gasteiger charge is -2.31. The van der Waals surface area contributed by atoms with E-state index >= 15 is 0 Å². The molecule has 2 aliphatic rings. The van der Waals surface area contributed by atoms with Gasteiger partial charge in [-0.05, 0) is 18.9 Å². The maximum atomic E-state index is 11.2. The molecule has 4 nitrogen and oxygen atoms in total. The fourth-order valence-electron chi connectivity index (χ4n) is 1.79. The van der Waals surface area contributed by atoms with Crippen molar-refractivity contribution in [2.24, 2.45) is 0 Å². The number of cyclic esters (lactones) is 1. The zero-order valence-corrected chi connectivity index (χ0v) is 7.45. The highest BCUT2D eigenvalue weighted by Crippen LogP contribution is 2.30. The molecule has 0 aromatic carbocycles. The van der Waals surface area contributed by atoms with Crippen LogP contribution in [0.25, 0.3) is 0 Å². The van der Waals surface area contributed by atoms with Gasteiger partial charge in [-0.15, -0.1) is 0 Å². The standard InChI is InChI=1S/C9H12O4/c1-5-4-6-2-3-12-8(10)7(6)9(11)13-5/h5,9,11H,2-4H2,1H3/t5-,9-/m0/s1. The SMILES string of the molecule is C[C@H]1CC2=C(C(=O)OCC2)[C@@H](O)O1. The molecule has 0 aromatic rings. The maximum absolute atomic E-state index is 11.2. The minimum atomic E-state index is -1.09. The van der Waals surface area contributed by atoms with Crippen molar-refractivity contribution >= 4 is 5.97 Å². The fourth-order valence-corrected chi connectivity index (χ4v) is 1.79. The number of hydrogen-bond donors (Lipinski definition) is 1. The van der Waals surface area contributed by atoms with E-state index in [0.29, 0.717) is 12.2 Å². The third-order valence-electron chi connectivity index (χ3n) is 2.38. The van der Waals surface area contributed by atoms with E-state index in [2.05, 4.69) is 0 Å². The molecular formula is C9H12O4. The summed E-state index contributed by atoms with van der Waals surface area (Å²) in [5, 5.41) is 9.46. The zero-order chi connectivity index (χ0) is 9.42. The van der Waals surface area contributed by atoms with Crippen molar-refractivity contribution in [3.8, 4) is 0 Å². The first-order valence-corrected chi connectivity index (χ1v) is 4.41. The lowest BCUT2D eigenvalue weighted by atomic mass is 9.95. The van der Waals surface area contributed by atoms with Gasteiger partial charge in [0.2, 0.25) is 0 Å². The van der Waals surface area contributed by atoms with Crippen LogP contribution in [0.3, 0.4) is 0 Å². The molecule has 2 heterocycles. The van der Waals surface area contributed by atoms with Crippen LogP contribution in [-0.2, 0) is 14.3 Å². The number of hydrogen-bond acceptors (Lipinski definition) is 4. The van der Waals surface area contributed by atoms with E-state index in [0.717, 1.165) is 18.4 Å². The molecule has 0 fully saturated rings. The predicted molar refractivity (Wildman–Crippen MR) is 43.8 cm³/mol. The van der Waals surface area contributed by atoms with Gasteiger partial charge in [0.05, 0.1) is 18.3 Å². The van der Waals surface area contributed by atoms with Gasteiger partial charge in [0, 0.05) is 6.42 Å². The first-order chi connectivity index (χ1) is 6.18. The van der Waals surface area contributed by atoms with E-state index in [4.69, 9.17) is 9.47 Å². The molecule has 0 aromatic heterocycles. The van der Waals surface area contributed by atoms with Gasteiger partial charge in [-0.25, -0.2) is 4.79 Å². The summed E-state index contributed by atoms with van der Waals surface area (Å²) in [4.78, 5) is 11.2. The molecular weight excluding hydrogens is 172 g/mol. The molecule has 0 unspecified atom stereocenters. The summed E-state index contributed by atoms with van der Waals surface area (Å²) in [7, 11) is 0. The van der Waals surface area contributed by atoms with Crippen molar-refractivity contribution < 1.29 is 19.4 Å². The summed E-state index contributed by atoms with van der Waals surface area (Å²) in [5.74, 6) is -0.430. The van der Waals surface area contributed by atoms with Crippen molar-refractivity contribution in [3.05, 3.63) is 11.1 Å². The quantitative estimate of drug-likeness (QED) is 0.552. The van der Waals surface area contributed by atoms with E-state index in [9.17, 15) is 9.90 Å². The Morgan fingerprint density at radius 1 is 1.54 bits per heavy atom. The molecule has 2 rings (SSSR count). The first-order valence-electron chi connectivity index (χ1n) is 4.41. The second-order valence-electron chi connectivity index (χ2n) is 3.41. The molecule has 0 spiro atoms. The maximum Gasteiger partial charge on any atom is 0.339 e. The van der Waals surface area contributed by atoms with E-state index < -0.39 is 12.3 Å². The Labute approximate surface area is 76.1 Å². The van der Waals surface area contributed by atoms with Crippen LogP contribution in [0.15, 0.2) is 11.1 Å². The molecule has 2 aliphatic heterocycles. The average Bonchev–Trinajstić information content (AvgIpc) is 2.02. The number of rotatable bonds is 0. The summed E-state index contributed by atoms with van der Waals surface area (Å²) >= 11 is 0. The number of carbonyl (C=O) groups excluding carboxylic acids is 1. The number of aliphatic hydroxyl groups excluding tert-OH is 1. The Kier molecular flexibility index (Phi) is 2.09. The van der Waals surface area contributed by atoms with Gasteiger partial charge >= 0.3 is 5.97 Å². The van der Waals surface area contributed by atoms with E-state index in [1.165, 1.54) is 0 Å². The second-order valence-corrected chi connectivity index (χ2v) is 3.41. The van der Waals surface area contributed by atoms with E-state index in [-0.39, 0.29) is 6.10 Å². The normalized spacial score (nSPS) is 34.2.